The summed E-state index contributed by atoms with van der Waals surface area (Å²) in [6.07, 6.45) is -2.35. The summed E-state index contributed by atoms with van der Waals surface area (Å²) in [6.45, 7) is 10.0. The van der Waals surface area contributed by atoms with Crippen molar-refractivity contribution in [3.05, 3.63) is 47.5 Å². The van der Waals surface area contributed by atoms with Gasteiger partial charge in [0, 0.05) is 0 Å². The average Bonchev–Trinajstić information content (AvgIpc) is 3.02. The van der Waals surface area contributed by atoms with Crippen LogP contribution in [0.4, 0.5) is 0 Å². The summed E-state index contributed by atoms with van der Waals surface area (Å²) >= 11 is 0. The van der Waals surface area contributed by atoms with Crippen molar-refractivity contribution >= 4 is 0 Å². The molecule has 0 radical (unpaired) electrons. The summed E-state index contributed by atoms with van der Waals surface area (Å²) in [5.74, 6) is -0.800. The van der Waals surface area contributed by atoms with Crippen molar-refractivity contribution in [2.75, 3.05) is 6.61 Å². The SMILES string of the molecule is C=CCOCc1cc([C@H](O)[C@@H]2OC3OC(C)(C)O[C@H]3[C@@H]2O)ccc1C. The maximum absolute atomic E-state index is 10.7. The number of aliphatic hydroxyl groups is 2. The number of rotatable bonds is 6. The summed E-state index contributed by atoms with van der Waals surface area (Å²) in [5.41, 5.74) is 2.70. The Kier molecular flexibility index (Phi) is 5.29. The smallest absolute Gasteiger partial charge is 0.190 e. The van der Waals surface area contributed by atoms with Gasteiger partial charge in [0.25, 0.3) is 0 Å². The Balaban J connectivity index is 1.72. The van der Waals surface area contributed by atoms with Crippen molar-refractivity contribution in [3.63, 3.8) is 0 Å². The Morgan fingerprint density at radius 1 is 1.36 bits per heavy atom. The molecule has 0 saturated carbocycles. The minimum Gasteiger partial charge on any atom is -0.387 e. The Hall–Kier alpha value is -1.28. The lowest BCUT2D eigenvalue weighted by molar-refractivity contribution is -0.226. The quantitative estimate of drug-likeness (QED) is 0.603. The van der Waals surface area contributed by atoms with Gasteiger partial charge >= 0.3 is 0 Å². The van der Waals surface area contributed by atoms with Crippen LogP contribution in [-0.4, -0.2) is 47.2 Å². The number of benzene rings is 1. The third-order valence-electron chi connectivity index (χ3n) is 4.57. The second-order valence-corrected chi connectivity index (χ2v) is 6.99. The van der Waals surface area contributed by atoms with Gasteiger partial charge in [-0.1, -0.05) is 24.3 Å². The molecule has 138 valence electrons. The Labute approximate surface area is 148 Å². The van der Waals surface area contributed by atoms with Crippen LogP contribution in [0.1, 0.15) is 36.6 Å². The molecule has 2 fully saturated rings. The van der Waals surface area contributed by atoms with Crippen LogP contribution in [0.5, 0.6) is 0 Å². The van der Waals surface area contributed by atoms with Crippen molar-refractivity contribution in [3.8, 4) is 0 Å². The number of hydrogen-bond donors (Lipinski definition) is 2. The highest BCUT2D eigenvalue weighted by atomic mass is 16.8. The van der Waals surface area contributed by atoms with E-state index in [1.807, 2.05) is 25.1 Å². The molecule has 25 heavy (non-hydrogen) atoms. The van der Waals surface area contributed by atoms with Gasteiger partial charge in [0.1, 0.15) is 24.4 Å². The fourth-order valence-corrected chi connectivity index (χ4v) is 3.25. The van der Waals surface area contributed by atoms with Crippen LogP contribution in [0.2, 0.25) is 0 Å². The molecule has 6 nitrogen and oxygen atoms in total. The summed E-state index contributed by atoms with van der Waals surface area (Å²) < 4.78 is 22.5. The highest BCUT2D eigenvalue weighted by molar-refractivity contribution is 5.32. The van der Waals surface area contributed by atoms with Crippen molar-refractivity contribution in [2.45, 2.75) is 63.9 Å². The van der Waals surface area contributed by atoms with Crippen LogP contribution in [0.25, 0.3) is 0 Å². The molecule has 1 aromatic rings. The molecule has 1 aromatic carbocycles. The Morgan fingerprint density at radius 3 is 2.80 bits per heavy atom. The molecule has 5 atom stereocenters. The van der Waals surface area contributed by atoms with Gasteiger partial charge in [-0.3, -0.25) is 0 Å². The first-order chi connectivity index (χ1) is 11.8. The zero-order valence-corrected chi connectivity index (χ0v) is 14.8. The molecule has 0 spiro atoms. The molecule has 0 amide bonds. The van der Waals surface area contributed by atoms with Crippen molar-refractivity contribution in [1.29, 1.82) is 0 Å². The first-order valence-electron chi connectivity index (χ1n) is 8.47. The normalized spacial score (nSPS) is 31.7. The summed E-state index contributed by atoms with van der Waals surface area (Å²) in [6, 6.07) is 5.62. The molecular formula is C19H26O6. The van der Waals surface area contributed by atoms with Gasteiger partial charge in [0.2, 0.25) is 0 Å². The topological polar surface area (TPSA) is 77.4 Å². The van der Waals surface area contributed by atoms with E-state index in [1.165, 1.54) is 0 Å². The van der Waals surface area contributed by atoms with Crippen molar-refractivity contribution in [1.82, 2.24) is 0 Å². The van der Waals surface area contributed by atoms with E-state index in [0.29, 0.717) is 18.8 Å². The number of aliphatic hydroxyl groups excluding tert-OH is 2. The zero-order chi connectivity index (χ0) is 18.2. The van der Waals surface area contributed by atoms with Gasteiger partial charge in [-0.2, -0.15) is 0 Å². The van der Waals surface area contributed by atoms with Crippen LogP contribution in [0.15, 0.2) is 30.9 Å². The van der Waals surface area contributed by atoms with Gasteiger partial charge in [-0.05, 0) is 37.5 Å². The van der Waals surface area contributed by atoms with Crippen LogP contribution < -0.4 is 0 Å². The number of hydrogen-bond acceptors (Lipinski definition) is 6. The molecule has 1 unspecified atom stereocenters. The van der Waals surface area contributed by atoms with Crippen molar-refractivity contribution < 1.29 is 29.2 Å². The largest absolute Gasteiger partial charge is 0.387 e. The molecule has 0 aliphatic carbocycles. The highest BCUT2D eigenvalue weighted by Crippen LogP contribution is 2.41. The minimum absolute atomic E-state index is 0.429. The Bertz CT molecular complexity index is 628. The van der Waals surface area contributed by atoms with E-state index >= 15 is 0 Å². The maximum atomic E-state index is 10.7. The first-order valence-corrected chi connectivity index (χ1v) is 8.47. The fourth-order valence-electron chi connectivity index (χ4n) is 3.25. The summed E-state index contributed by atoms with van der Waals surface area (Å²) in [5, 5.41) is 21.2. The van der Waals surface area contributed by atoms with Crippen LogP contribution >= 0.6 is 0 Å². The van der Waals surface area contributed by atoms with Crippen LogP contribution in [-0.2, 0) is 25.6 Å². The molecule has 3 rings (SSSR count). The van der Waals surface area contributed by atoms with Gasteiger partial charge in [0.05, 0.1) is 13.2 Å². The van der Waals surface area contributed by atoms with Gasteiger partial charge in [-0.25, -0.2) is 0 Å². The average molecular weight is 350 g/mol. The van der Waals surface area contributed by atoms with Gasteiger partial charge < -0.3 is 29.2 Å². The predicted molar refractivity (Wildman–Crippen MR) is 90.7 cm³/mol. The maximum Gasteiger partial charge on any atom is 0.190 e. The third-order valence-corrected chi connectivity index (χ3v) is 4.57. The molecule has 0 bridgehead atoms. The van der Waals surface area contributed by atoms with E-state index in [2.05, 4.69) is 6.58 Å². The van der Waals surface area contributed by atoms with Crippen LogP contribution in [0, 0.1) is 6.92 Å². The molecule has 6 heteroatoms. The summed E-state index contributed by atoms with van der Waals surface area (Å²) in [7, 11) is 0. The Morgan fingerprint density at radius 2 is 2.12 bits per heavy atom. The monoisotopic (exact) mass is 350 g/mol. The molecule has 2 aliphatic rings. The lowest BCUT2D eigenvalue weighted by atomic mass is 9.96. The van der Waals surface area contributed by atoms with E-state index in [9.17, 15) is 10.2 Å². The lowest BCUT2D eigenvalue weighted by Gasteiger charge is -2.26. The van der Waals surface area contributed by atoms with Gasteiger partial charge in [-0.15, -0.1) is 6.58 Å². The zero-order valence-electron chi connectivity index (χ0n) is 14.8. The molecule has 2 saturated heterocycles. The number of aryl methyl sites for hydroxylation is 1. The number of ether oxygens (including phenoxy) is 4. The standard InChI is InChI=1S/C19H26O6/c1-5-8-22-10-13-9-12(7-6-11(13)2)14(20)16-15(21)17-18(23-16)25-19(3,4)24-17/h5-7,9,14-18,20-21H,1,8,10H2,2-4H3/t14-,15+,16-,17-,18?/m0/s1. The molecular weight excluding hydrogens is 324 g/mol. The minimum atomic E-state index is -0.991. The van der Waals surface area contributed by atoms with E-state index in [1.54, 1.807) is 19.9 Å². The van der Waals surface area contributed by atoms with E-state index < -0.39 is 36.5 Å². The van der Waals surface area contributed by atoms with E-state index in [4.69, 9.17) is 18.9 Å². The van der Waals surface area contributed by atoms with Crippen molar-refractivity contribution in [2.24, 2.45) is 0 Å². The second kappa shape index (κ2) is 7.15. The molecule has 2 aliphatic heterocycles. The number of fused-ring (bicyclic) bond motifs is 1. The van der Waals surface area contributed by atoms with Crippen LogP contribution in [0.3, 0.4) is 0 Å². The van der Waals surface area contributed by atoms with E-state index in [0.717, 1.165) is 11.1 Å². The summed E-state index contributed by atoms with van der Waals surface area (Å²) in [4.78, 5) is 0. The third kappa shape index (κ3) is 3.79. The lowest BCUT2D eigenvalue weighted by Crippen LogP contribution is -2.37. The second-order valence-electron chi connectivity index (χ2n) is 6.99. The molecule has 2 heterocycles. The molecule has 0 aromatic heterocycles. The highest BCUT2D eigenvalue weighted by Gasteiger charge is 2.56. The fraction of sp³-hybridized carbons (Fsp3) is 0.579. The first kappa shape index (κ1) is 18.5. The molecule has 2 N–H and O–H groups in total. The van der Waals surface area contributed by atoms with Gasteiger partial charge in [0.15, 0.2) is 12.1 Å². The van der Waals surface area contributed by atoms with E-state index in [-0.39, 0.29) is 0 Å². The predicted octanol–water partition coefficient (Wildman–Crippen LogP) is 1.97.